The van der Waals surface area contributed by atoms with Crippen LogP contribution < -0.4 is 4.74 Å². The molecule has 0 saturated heterocycles. The van der Waals surface area contributed by atoms with Crippen molar-refractivity contribution in [2.45, 2.75) is 44.6 Å². The molecule has 3 aromatic rings. The number of nitrogens with zero attached hydrogens (tertiary/aromatic N) is 4. The quantitative estimate of drug-likeness (QED) is 0.452. The summed E-state index contributed by atoms with van der Waals surface area (Å²) in [5, 5.41) is 5.88. The van der Waals surface area contributed by atoms with Gasteiger partial charge in [-0.2, -0.15) is 5.10 Å². The molecule has 5 rings (SSSR count). The van der Waals surface area contributed by atoms with Crippen LogP contribution in [0.1, 0.15) is 50.1 Å². The first-order chi connectivity index (χ1) is 15.6. The number of fused-ring (bicyclic) bond motifs is 1. The predicted molar refractivity (Wildman–Crippen MR) is 131 cm³/mol. The highest BCUT2D eigenvalue weighted by atomic mass is 32.2. The number of ether oxygens (including phenoxy) is 1. The molecule has 1 saturated carbocycles. The molecule has 2 aromatic carbocycles. The van der Waals surface area contributed by atoms with Crippen molar-refractivity contribution in [1.29, 1.82) is 0 Å². The first kappa shape index (κ1) is 21.1. The molecule has 1 amide bonds. The third-order valence-electron chi connectivity index (χ3n) is 6.41. The zero-order chi connectivity index (χ0) is 22.1. The Labute approximate surface area is 192 Å². The van der Waals surface area contributed by atoms with Crippen molar-refractivity contribution in [3.05, 3.63) is 48.0 Å². The van der Waals surface area contributed by atoms with Gasteiger partial charge in [0.2, 0.25) is 0 Å². The fourth-order valence-corrected chi connectivity index (χ4v) is 5.46. The van der Waals surface area contributed by atoms with E-state index < -0.39 is 0 Å². The SMILES string of the molecule is COc1cccc(-c2nc3cc(C4=NN(C)C(=O)SC4)ccc3n2C2CCCCCC2)c1. The van der Waals surface area contributed by atoms with E-state index in [2.05, 4.69) is 40.0 Å². The number of amides is 1. The molecule has 1 aliphatic carbocycles. The van der Waals surface area contributed by atoms with Crippen LogP contribution in [0.4, 0.5) is 4.79 Å². The Kier molecular flexibility index (Phi) is 5.91. The van der Waals surface area contributed by atoms with E-state index in [0.717, 1.165) is 39.4 Å². The van der Waals surface area contributed by atoms with Crippen molar-refractivity contribution >= 4 is 33.7 Å². The maximum atomic E-state index is 11.8. The average molecular weight is 449 g/mol. The van der Waals surface area contributed by atoms with Gasteiger partial charge < -0.3 is 9.30 Å². The standard InChI is InChI=1S/C25H28N4O2S/c1-28-25(30)32-16-22(27-28)17-12-13-23-21(15-17)26-24(18-8-7-11-20(14-18)31-2)29(23)19-9-5-3-4-6-10-19/h7-8,11-15,19H,3-6,9-10,16H2,1-2H3. The van der Waals surface area contributed by atoms with Gasteiger partial charge in [0, 0.05) is 30.0 Å². The molecule has 1 aliphatic heterocycles. The first-order valence-electron chi connectivity index (χ1n) is 11.3. The average Bonchev–Trinajstić information content (AvgIpc) is 2.99. The van der Waals surface area contributed by atoms with Crippen molar-refractivity contribution in [3.63, 3.8) is 0 Å². The number of rotatable bonds is 4. The van der Waals surface area contributed by atoms with Crippen LogP contribution in [-0.2, 0) is 0 Å². The summed E-state index contributed by atoms with van der Waals surface area (Å²) in [4.78, 5) is 16.9. The lowest BCUT2D eigenvalue weighted by atomic mass is 10.1. The number of aromatic nitrogens is 2. The third kappa shape index (κ3) is 4.01. The van der Waals surface area contributed by atoms with Gasteiger partial charge in [-0.1, -0.05) is 55.6 Å². The number of methoxy groups -OCH3 is 1. The maximum Gasteiger partial charge on any atom is 0.301 e. The molecule has 2 aliphatic rings. The van der Waals surface area contributed by atoms with E-state index in [1.54, 1.807) is 14.2 Å². The van der Waals surface area contributed by atoms with Crippen molar-refractivity contribution < 1.29 is 9.53 Å². The largest absolute Gasteiger partial charge is 0.497 e. The van der Waals surface area contributed by atoms with E-state index in [0.29, 0.717) is 11.8 Å². The summed E-state index contributed by atoms with van der Waals surface area (Å²) in [6.07, 6.45) is 7.50. The monoisotopic (exact) mass is 448 g/mol. The summed E-state index contributed by atoms with van der Waals surface area (Å²) in [5.74, 6) is 2.42. The predicted octanol–water partition coefficient (Wildman–Crippen LogP) is 6.11. The highest BCUT2D eigenvalue weighted by molar-refractivity contribution is 8.14. The lowest BCUT2D eigenvalue weighted by Gasteiger charge is -2.21. The van der Waals surface area contributed by atoms with Crippen molar-refractivity contribution in [2.75, 3.05) is 19.9 Å². The molecular weight excluding hydrogens is 420 g/mol. The van der Waals surface area contributed by atoms with E-state index >= 15 is 0 Å². The topological polar surface area (TPSA) is 59.7 Å². The zero-order valence-electron chi connectivity index (χ0n) is 18.6. The molecule has 0 radical (unpaired) electrons. The van der Waals surface area contributed by atoms with Gasteiger partial charge in [0.05, 0.1) is 23.9 Å². The third-order valence-corrected chi connectivity index (χ3v) is 7.34. The molecule has 32 heavy (non-hydrogen) atoms. The number of thioether (sulfide) groups is 1. The minimum absolute atomic E-state index is 0.0206. The lowest BCUT2D eigenvalue weighted by molar-refractivity contribution is 0.235. The first-order valence-corrected chi connectivity index (χ1v) is 12.3. The number of carbonyl (C=O) groups excluding carboxylic acids is 1. The molecule has 2 heterocycles. The summed E-state index contributed by atoms with van der Waals surface area (Å²) in [5.41, 5.74) is 5.13. The Bertz CT molecular complexity index is 1180. The van der Waals surface area contributed by atoms with E-state index in [1.165, 1.54) is 55.3 Å². The van der Waals surface area contributed by atoms with Crippen LogP contribution in [0.2, 0.25) is 0 Å². The Morgan fingerprint density at radius 3 is 2.59 bits per heavy atom. The van der Waals surface area contributed by atoms with Crippen LogP contribution in [-0.4, -0.2) is 45.4 Å². The molecular formula is C25H28N4O2S. The fourth-order valence-electron chi connectivity index (χ4n) is 4.75. The number of benzene rings is 2. The molecule has 6 nitrogen and oxygen atoms in total. The van der Waals surface area contributed by atoms with Gasteiger partial charge in [-0.05, 0) is 37.1 Å². The Morgan fingerprint density at radius 2 is 1.84 bits per heavy atom. The number of carbonyl (C=O) groups is 1. The minimum Gasteiger partial charge on any atom is -0.497 e. The van der Waals surface area contributed by atoms with Crippen LogP contribution in [0.3, 0.4) is 0 Å². The maximum absolute atomic E-state index is 11.8. The number of imidazole rings is 1. The van der Waals surface area contributed by atoms with Gasteiger partial charge in [-0.25, -0.2) is 9.99 Å². The molecule has 0 N–H and O–H groups in total. The van der Waals surface area contributed by atoms with Crippen molar-refractivity contribution in [2.24, 2.45) is 5.10 Å². The summed E-state index contributed by atoms with van der Waals surface area (Å²) in [6, 6.07) is 15.0. The van der Waals surface area contributed by atoms with E-state index in [4.69, 9.17) is 9.72 Å². The van der Waals surface area contributed by atoms with E-state index in [1.807, 2.05) is 12.1 Å². The van der Waals surface area contributed by atoms with Crippen molar-refractivity contribution in [3.8, 4) is 17.1 Å². The second kappa shape index (κ2) is 8.98. The smallest absolute Gasteiger partial charge is 0.301 e. The Hall–Kier alpha value is -2.80. The van der Waals surface area contributed by atoms with Gasteiger partial charge in [-0.3, -0.25) is 4.79 Å². The van der Waals surface area contributed by atoms with Gasteiger partial charge in [0.25, 0.3) is 0 Å². The summed E-state index contributed by atoms with van der Waals surface area (Å²) < 4.78 is 7.94. The molecule has 0 bridgehead atoms. The van der Waals surface area contributed by atoms with Crippen LogP contribution in [0.15, 0.2) is 47.6 Å². The molecule has 7 heteroatoms. The van der Waals surface area contributed by atoms with Crippen LogP contribution >= 0.6 is 11.8 Å². The van der Waals surface area contributed by atoms with E-state index in [9.17, 15) is 4.79 Å². The number of hydrogen-bond donors (Lipinski definition) is 0. The molecule has 0 spiro atoms. The second-order valence-corrected chi connectivity index (χ2v) is 9.44. The molecule has 0 unspecified atom stereocenters. The van der Waals surface area contributed by atoms with Crippen LogP contribution in [0.5, 0.6) is 5.75 Å². The highest BCUT2D eigenvalue weighted by Gasteiger charge is 2.24. The summed E-state index contributed by atoms with van der Waals surface area (Å²) in [6.45, 7) is 0. The molecule has 1 fully saturated rings. The van der Waals surface area contributed by atoms with Gasteiger partial charge >= 0.3 is 5.24 Å². The Balaban J connectivity index is 1.64. The molecule has 0 atom stereocenters. The summed E-state index contributed by atoms with van der Waals surface area (Å²) >= 11 is 1.29. The number of hydrazone groups is 1. The van der Waals surface area contributed by atoms with E-state index in [-0.39, 0.29) is 5.24 Å². The minimum atomic E-state index is -0.0206. The normalized spacial score (nSPS) is 18.0. The van der Waals surface area contributed by atoms with Gasteiger partial charge in [0.15, 0.2) is 0 Å². The van der Waals surface area contributed by atoms with Crippen molar-refractivity contribution in [1.82, 2.24) is 14.6 Å². The number of hydrogen-bond acceptors (Lipinski definition) is 5. The summed E-state index contributed by atoms with van der Waals surface area (Å²) in [7, 11) is 3.40. The second-order valence-electron chi connectivity index (χ2n) is 8.51. The van der Waals surface area contributed by atoms with Gasteiger partial charge in [0.1, 0.15) is 11.6 Å². The highest BCUT2D eigenvalue weighted by Crippen LogP contribution is 2.36. The molecule has 1 aromatic heterocycles. The Morgan fingerprint density at radius 1 is 1.03 bits per heavy atom. The zero-order valence-corrected chi connectivity index (χ0v) is 19.4. The lowest BCUT2D eigenvalue weighted by Crippen LogP contribution is -2.26. The van der Waals surface area contributed by atoms with Crippen LogP contribution in [0.25, 0.3) is 22.4 Å². The molecule has 166 valence electrons. The van der Waals surface area contributed by atoms with Gasteiger partial charge in [-0.15, -0.1) is 0 Å². The van der Waals surface area contributed by atoms with Crippen LogP contribution in [0, 0.1) is 0 Å². The fraction of sp³-hybridized carbons (Fsp3) is 0.400.